The molecule has 0 atom stereocenters. The number of amides is 1. The largest absolute Gasteiger partial charge is 0.315 e. The van der Waals surface area contributed by atoms with Gasteiger partial charge < -0.3 is 4.90 Å². The van der Waals surface area contributed by atoms with Gasteiger partial charge in [0.25, 0.3) is 0 Å². The molecule has 1 N–H and O–H groups in total. The standard InChI is InChI=1S/C21H26N2O3S/c24-17-23(20-7-3-1-4-8-20)16-19-13-11-18(12-14-19)15-22-27(25,26)21-9-5-2-6-10-21/h1-10,17-19,22H,11-16H2. The summed E-state index contributed by atoms with van der Waals surface area (Å²) in [6.07, 6.45) is 4.87. The van der Waals surface area contributed by atoms with Crippen molar-refractivity contribution in [2.24, 2.45) is 11.8 Å². The average Bonchev–Trinajstić information content (AvgIpc) is 2.73. The third-order valence-corrected chi connectivity index (χ3v) is 6.69. The third kappa shape index (κ3) is 5.40. The second-order valence-corrected chi connectivity index (χ2v) is 8.91. The molecule has 3 rings (SSSR count). The Balaban J connectivity index is 1.47. The molecule has 144 valence electrons. The zero-order valence-corrected chi connectivity index (χ0v) is 16.1. The van der Waals surface area contributed by atoms with Gasteiger partial charge in [-0.25, -0.2) is 13.1 Å². The molecule has 6 heteroatoms. The van der Waals surface area contributed by atoms with Gasteiger partial charge in [0.2, 0.25) is 16.4 Å². The van der Waals surface area contributed by atoms with Gasteiger partial charge in [0, 0.05) is 18.8 Å². The van der Waals surface area contributed by atoms with E-state index in [-0.39, 0.29) is 0 Å². The van der Waals surface area contributed by atoms with Crippen LogP contribution in [0.5, 0.6) is 0 Å². The van der Waals surface area contributed by atoms with Gasteiger partial charge in [0.15, 0.2) is 0 Å². The van der Waals surface area contributed by atoms with Gasteiger partial charge in [-0.1, -0.05) is 36.4 Å². The number of carbonyl (C=O) groups is 1. The Kier molecular flexibility index (Phi) is 6.63. The summed E-state index contributed by atoms with van der Waals surface area (Å²) in [5, 5.41) is 0. The highest BCUT2D eigenvalue weighted by molar-refractivity contribution is 7.89. The van der Waals surface area contributed by atoms with Gasteiger partial charge in [-0.3, -0.25) is 4.79 Å². The van der Waals surface area contributed by atoms with Crippen LogP contribution in [0.2, 0.25) is 0 Å². The molecule has 1 aliphatic rings. The van der Waals surface area contributed by atoms with Crippen LogP contribution in [0.15, 0.2) is 65.6 Å². The second-order valence-electron chi connectivity index (χ2n) is 7.15. The van der Waals surface area contributed by atoms with Crippen LogP contribution in [0.3, 0.4) is 0 Å². The van der Waals surface area contributed by atoms with Gasteiger partial charge in [0.1, 0.15) is 0 Å². The van der Waals surface area contributed by atoms with Crippen molar-refractivity contribution in [3.05, 3.63) is 60.7 Å². The Morgan fingerprint density at radius 3 is 2.04 bits per heavy atom. The summed E-state index contributed by atoms with van der Waals surface area (Å²) in [4.78, 5) is 13.5. The van der Waals surface area contributed by atoms with E-state index in [1.165, 1.54) is 0 Å². The van der Waals surface area contributed by atoms with Crippen LogP contribution in [0.25, 0.3) is 0 Å². The van der Waals surface area contributed by atoms with Crippen LogP contribution in [-0.4, -0.2) is 27.9 Å². The number of hydrogen-bond acceptors (Lipinski definition) is 3. The van der Waals surface area contributed by atoms with Crippen LogP contribution < -0.4 is 9.62 Å². The SMILES string of the molecule is O=CN(CC1CCC(CNS(=O)(=O)c2ccccc2)CC1)c1ccccc1. The molecule has 1 aliphatic carbocycles. The highest BCUT2D eigenvalue weighted by Crippen LogP contribution is 2.30. The van der Waals surface area contributed by atoms with Gasteiger partial charge in [-0.05, 0) is 61.8 Å². The van der Waals surface area contributed by atoms with Crippen molar-refractivity contribution in [2.45, 2.75) is 30.6 Å². The van der Waals surface area contributed by atoms with E-state index < -0.39 is 10.0 Å². The Morgan fingerprint density at radius 1 is 0.889 bits per heavy atom. The molecule has 1 saturated carbocycles. The summed E-state index contributed by atoms with van der Waals surface area (Å²) in [6.45, 7) is 1.19. The molecule has 0 radical (unpaired) electrons. The summed E-state index contributed by atoms with van der Waals surface area (Å²) in [5.41, 5.74) is 0.922. The van der Waals surface area contributed by atoms with Crippen LogP contribution in [-0.2, 0) is 14.8 Å². The molecule has 1 fully saturated rings. The topological polar surface area (TPSA) is 66.5 Å². The summed E-state index contributed by atoms with van der Waals surface area (Å²) >= 11 is 0. The molecule has 0 aliphatic heterocycles. The molecule has 0 bridgehead atoms. The van der Waals surface area contributed by atoms with E-state index in [2.05, 4.69) is 4.72 Å². The van der Waals surface area contributed by atoms with Gasteiger partial charge in [-0.2, -0.15) is 0 Å². The molecule has 0 aromatic heterocycles. The molecular weight excluding hydrogens is 360 g/mol. The maximum absolute atomic E-state index is 12.3. The minimum Gasteiger partial charge on any atom is -0.315 e. The lowest BCUT2D eigenvalue weighted by Gasteiger charge is -2.31. The van der Waals surface area contributed by atoms with E-state index in [0.717, 1.165) is 44.3 Å². The number of carbonyl (C=O) groups excluding carboxylic acids is 1. The Labute approximate surface area is 161 Å². The van der Waals surface area contributed by atoms with Crippen LogP contribution >= 0.6 is 0 Å². The van der Waals surface area contributed by atoms with Crippen molar-refractivity contribution in [1.29, 1.82) is 0 Å². The average molecular weight is 387 g/mol. The molecule has 0 heterocycles. The maximum Gasteiger partial charge on any atom is 0.240 e. The van der Waals surface area contributed by atoms with Gasteiger partial charge in [0.05, 0.1) is 4.90 Å². The van der Waals surface area contributed by atoms with E-state index in [0.29, 0.717) is 23.3 Å². The number of para-hydroxylation sites is 1. The zero-order chi connectivity index (χ0) is 19.1. The van der Waals surface area contributed by atoms with Crippen molar-refractivity contribution >= 4 is 22.1 Å². The van der Waals surface area contributed by atoms with Crippen LogP contribution in [0, 0.1) is 11.8 Å². The number of benzene rings is 2. The highest BCUT2D eigenvalue weighted by atomic mass is 32.2. The minimum absolute atomic E-state index is 0.308. The van der Waals surface area contributed by atoms with Gasteiger partial charge in [-0.15, -0.1) is 0 Å². The first-order valence-electron chi connectivity index (χ1n) is 9.40. The Hall–Kier alpha value is -2.18. The van der Waals surface area contributed by atoms with E-state index in [4.69, 9.17) is 0 Å². The third-order valence-electron chi connectivity index (χ3n) is 5.25. The zero-order valence-electron chi connectivity index (χ0n) is 15.3. The Morgan fingerprint density at radius 2 is 1.44 bits per heavy atom. The van der Waals surface area contributed by atoms with E-state index in [1.807, 2.05) is 30.3 Å². The first kappa shape index (κ1) is 19.6. The molecular formula is C21H26N2O3S. The number of anilines is 1. The molecule has 2 aromatic carbocycles. The Bertz CT molecular complexity index is 817. The first-order valence-corrected chi connectivity index (χ1v) is 10.9. The molecule has 2 aromatic rings. The van der Waals surface area contributed by atoms with Crippen molar-refractivity contribution in [3.63, 3.8) is 0 Å². The maximum atomic E-state index is 12.3. The fourth-order valence-corrected chi connectivity index (χ4v) is 4.77. The van der Waals surface area contributed by atoms with Crippen molar-refractivity contribution in [3.8, 4) is 0 Å². The molecule has 27 heavy (non-hydrogen) atoms. The molecule has 0 unspecified atom stereocenters. The molecule has 1 amide bonds. The summed E-state index contributed by atoms with van der Waals surface area (Å²) < 4.78 is 27.4. The summed E-state index contributed by atoms with van der Waals surface area (Å²) in [7, 11) is -3.44. The minimum atomic E-state index is -3.44. The van der Waals surface area contributed by atoms with Crippen molar-refractivity contribution < 1.29 is 13.2 Å². The number of nitrogens with one attached hydrogen (secondary N) is 1. The fraction of sp³-hybridized carbons (Fsp3) is 0.381. The highest BCUT2D eigenvalue weighted by Gasteiger charge is 2.24. The van der Waals surface area contributed by atoms with Crippen LogP contribution in [0.4, 0.5) is 5.69 Å². The predicted octanol–water partition coefficient (Wildman–Crippen LogP) is 3.43. The summed E-state index contributed by atoms with van der Waals surface area (Å²) in [6, 6.07) is 18.2. The quantitative estimate of drug-likeness (QED) is 0.707. The van der Waals surface area contributed by atoms with Gasteiger partial charge >= 0.3 is 0 Å². The monoisotopic (exact) mass is 386 g/mol. The number of rotatable bonds is 8. The first-order chi connectivity index (χ1) is 13.1. The predicted molar refractivity (Wildman–Crippen MR) is 107 cm³/mol. The van der Waals surface area contributed by atoms with E-state index in [1.54, 1.807) is 35.2 Å². The number of hydrogen-bond donors (Lipinski definition) is 1. The lowest BCUT2D eigenvalue weighted by atomic mass is 9.82. The second kappa shape index (κ2) is 9.15. The molecule has 0 saturated heterocycles. The molecule has 5 nitrogen and oxygen atoms in total. The number of sulfonamides is 1. The fourth-order valence-electron chi connectivity index (χ4n) is 3.64. The normalized spacial score (nSPS) is 20.1. The van der Waals surface area contributed by atoms with Crippen molar-refractivity contribution in [2.75, 3.05) is 18.0 Å². The smallest absolute Gasteiger partial charge is 0.240 e. The van der Waals surface area contributed by atoms with Crippen LogP contribution in [0.1, 0.15) is 25.7 Å². The molecule has 0 spiro atoms. The van der Waals surface area contributed by atoms with E-state index >= 15 is 0 Å². The van der Waals surface area contributed by atoms with Crippen molar-refractivity contribution in [1.82, 2.24) is 4.72 Å². The lowest BCUT2D eigenvalue weighted by Crippen LogP contribution is -2.34. The van der Waals surface area contributed by atoms with E-state index in [9.17, 15) is 13.2 Å². The lowest BCUT2D eigenvalue weighted by molar-refractivity contribution is -0.107. The number of nitrogens with zero attached hydrogens (tertiary/aromatic N) is 1. The summed E-state index contributed by atoms with van der Waals surface area (Å²) in [5.74, 6) is 0.804.